The maximum atomic E-state index is 10.0. The van der Waals surface area contributed by atoms with Crippen molar-refractivity contribution in [3.8, 4) is 0 Å². The van der Waals surface area contributed by atoms with Gasteiger partial charge in [-0.15, -0.1) is 0 Å². The minimum atomic E-state index is -4.12. The van der Waals surface area contributed by atoms with Gasteiger partial charge >= 0.3 is 118 Å². The second-order valence-electron chi connectivity index (χ2n) is 3.24. The molecule has 0 amide bonds. The van der Waals surface area contributed by atoms with Crippen LogP contribution in [0.15, 0.2) is 0 Å². The first-order chi connectivity index (χ1) is 8.83. The Kier molecular flexibility index (Phi) is 24.7. The molecular formula is C6H14K2N2O10P2. The number of aliphatic carboxylic acids is 2. The first-order valence-electron chi connectivity index (χ1n) is 4.74. The minimum absolute atomic E-state index is 0. The van der Waals surface area contributed by atoms with E-state index < -0.39 is 52.8 Å². The summed E-state index contributed by atoms with van der Waals surface area (Å²) >= 11 is 0. The summed E-state index contributed by atoms with van der Waals surface area (Å²) < 4.78 is 20.1. The Balaban J connectivity index is -0.000000135. The molecule has 0 fully saturated rings. The standard InChI is InChI=1S/2C3H8NO5P.2K/c2*5-3(6)1-4-2-10(7,8)9;;/h2*4H,1-2H2,(H,5,6)(H2,7,8,9);;/q;;2*+1/p-2. The molecule has 0 aliphatic carbocycles. The molecule has 0 aliphatic heterocycles. The maximum absolute atomic E-state index is 10.0. The van der Waals surface area contributed by atoms with Gasteiger partial charge in [-0.3, -0.25) is 9.13 Å². The molecular weight excluding hydrogens is 400 g/mol. The summed E-state index contributed by atoms with van der Waals surface area (Å²) in [6.07, 6.45) is -1.28. The van der Waals surface area contributed by atoms with E-state index in [1.165, 1.54) is 0 Å². The van der Waals surface area contributed by atoms with E-state index in [1.54, 1.807) is 0 Å². The van der Waals surface area contributed by atoms with Crippen LogP contribution in [0.25, 0.3) is 0 Å². The van der Waals surface area contributed by atoms with Gasteiger partial charge in [-0.25, -0.2) is 0 Å². The molecule has 0 radical (unpaired) electrons. The van der Waals surface area contributed by atoms with Crippen LogP contribution in [-0.2, 0) is 18.7 Å². The monoisotopic (exact) mass is 414 g/mol. The van der Waals surface area contributed by atoms with Crippen LogP contribution in [0.3, 0.4) is 0 Å². The van der Waals surface area contributed by atoms with Crippen LogP contribution >= 0.6 is 15.2 Å². The van der Waals surface area contributed by atoms with Gasteiger partial charge in [0.2, 0.25) is 0 Å². The van der Waals surface area contributed by atoms with Gasteiger partial charge in [-0.2, -0.15) is 0 Å². The molecule has 0 aliphatic rings. The molecule has 12 nitrogen and oxygen atoms in total. The average molecular weight is 414 g/mol. The van der Waals surface area contributed by atoms with Gasteiger partial charge in [0.15, 0.2) is 0 Å². The molecule has 0 saturated carbocycles. The fraction of sp³-hybridized carbons (Fsp3) is 0.667. The van der Waals surface area contributed by atoms with Crippen molar-refractivity contribution in [2.45, 2.75) is 0 Å². The van der Waals surface area contributed by atoms with E-state index in [0.29, 0.717) is 0 Å². The van der Waals surface area contributed by atoms with Gasteiger partial charge < -0.3 is 50.0 Å². The van der Waals surface area contributed by atoms with Gasteiger partial charge in [-0.1, -0.05) is 0 Å². The van der Waals surface area contributed by atoms with Crippen molar-refractivity contribution in [3.05, 3.63) is 0 Å². The molecule has 16 heteroatoms. The molecule has 0 heterocycles. The second kappa shape index (κ2) is 16.9. The zero-order valence-corrected chi connectivity index (χ0v) is 20.0. The molecule has 0 aromatic heterocycles. The quantitative estimate of drug-likeness (QED) is 0.161. The van der Waals surface area contributed by atoms with Gasteiger partial charge in [0.05, 0.1) is 24.5 Å². The second-order valence-corrected chi connectivity index (χ2v) is 6.53. The van der Waals surface area contributed by atoms with Gasteiger partial charge in [0, 0.05) is 13.1 Å². The maximum Gasteiger partial charge on any atom is 1.00 e. The zero-order chi connectivity index (χ0) is 16.4. The van der Waals surface area contributed by atoms with Crippen LogP contribution in [0.2, 0.25) is 0 Å². The normalized spacial score (nSPS) is 10.4. The van der Waals surface area contributed by atoms with Crippen molar-refractivity contribution in [1.82, 2.24) is 10.6 Å². The third-order valence-electron chi connectivity index (χ3n) is 1.17. The van der Waals surface area contributed by atoms with Crippen LogP contribution in [0.1, 0.15) is 0 Å². The topological polar surface area (TPSA) is 219 Å². The zero-order valence-electron chi connectivity index (χ0n) is 12.0. The predicted molar refractivity (Wildman–Crippen MR) is 59.8 cm³/mol. The van der Waals surface area contributed by atoms with E-state index >= 15 is 0 Å². The number of carbonyl (C=O) groups is 2. The average Bonchev–Trinajstić information content (AvgIpc) is 2.12. The Labute approximate surface area is 211 Å². The van der Waals surface area contributed by atoms with Gasteiger partial charge in [-0.05, 0) is 0 Å². The van der Waals surface area contributed by atoms with E-state index in [0.717, 1.165) is 0 Å². The number of nitrogens with one attached hydrogen (secondary N) is 2. The third-order valence-corrected chi connectivity index (χ3v) is 2.45. The largest absolute Gasteiger partial charge is 1.00 e. The molecule has 0 aromatic carbocycles. The van der Waals surface area contributed by atoms with Crippen LogP contribution in [0.4, 0.5) is 0 Å². The molecule has 0 unspecified atom stereocenters. The van der Waals surface area contributed by atoms with Crippen molar-refractivity contribution in [1.29, 1.82) is 0 Å². The Morgan fingerprint density at radius 3 is 1.14 bits per heavy atom. The van der Waals surface area contributed by atoms with Crippen molar-refractivity contribution >= 4 is 27.1 Å². The number of carboxylic acid groups (broad SMARTS) is 2. The van der Waals surface area contributed by atoms with E-state index in [-0.39, 0.29) is 103 Å². The van der Waals surface area contributed by atoms with Crippen LogP contribution < -0.4 is 124 Å². The van der Waals surface area contributed by atoms with Crippen molar-refractivity contribution in [2.24, 2.45) is 0 Å². The SMILES string of the molecule is O=C([O-])CNCP(=O)(O)O.O=C([O-])CNCP(=O)(O)O.[K+].[K+]. The predicted octanol–water partition coefficient (Wildman–Crippen LogP) is -11.1. The van der Waals surface area contributed by atoms with Crippen molar-refractivity contribution in [2.75, 3.05) is 25.7 Å². The van der Waals surface area contributed by atoms with Crippen molar-refractivity contribution < 1.29 is 151 Å². The molecule has 0 rings (SSSR count). The van der Waals surface area contributed by atoms with Crippen LogP contribution in [-0.4, -0.2) is 57.2 Å². The summed E-state index contributed by atoms with van der Waals surface area (Å²) in [7, 11) is -8.25. The minimum Gasteiger partial charge on any atom is -0.549 e. The molecule has 0 bridgehead atoms. The number of rotatable bonds is 8. The van der Waals surface area contributed by atoms with Crippen molar-refractivity contribution in [3.63, 3.8) is 0 Å². The third kappa shape index (κ3) is 38.2. The summed E-state index contributed by atoms with van der Waals surface area (Å²) in [5, 5.41) is 23.3. The van der Waals surface area contributed by atoms with E-state index in [4.69, 9.17) is 19.6 Å². The summed E-state index contributed by atoms with van der Waals surface area (Å²) in [6.45, 7) is -1.10. The smallest absolute Gasteiger partial charge is 0.549 e. The first kappa shape index (κ1) is 32.1. The Morgan fingerprint density at radius 1 is 0.773 bits per heavy atom. The molecule has 0 atom stereocenters. The Morgan fingerprint density at radius 2 is 1.00 bits per heavy atom. The number of hydrogen-bond acceptors (Lipinski definition) is 8. The van der Waals surface area contributed by atoms with E-state index in [9.17, 15) is 28.9 Å². The fourth-order valence-corrected chi connectivity index (χ4v) is 1.41. The first-order valence-corrected chi connectivity index (χ1v) is 8.33. The molecule has 120 valence electrons. The summed E-state index contributed by atoms with van der Waals surface area (Å²) in [6, 6.07) is 0. The van der Waals surface area contributed by atoms with E-state index in [1.807, 2.05) is 10.6 Å². The van der Waals surface area contributed by atoms with Crippen LogP contribution in [0.5, 0.6) is 0 Å². The molecule has 0 spiro atoms. The summed E-state index contributed by atoms with van der Waals surface area (Å²) in [4.78, 5) is 52.0. The summed E-state index contributed by atoms with van der Waals surface area (Å²) in [5.41, 5.74) is 0. The molecule has 22 heavy (non-hydrogen) atoms. The number of hydrogen-bond donors (Lipinski definition) is 6. The number of carbonyl (C=O) groups excluding carboxylic acids is 2. The van der Waals surface area contributed by atoms with Crippen LogP contribution in [0, 0.1) is 0 Å². The molecule has 0 aromatic rings. The molecule has 6 N–H and O–H groups in total. The molecule has 0 saturated heterocycles. The fourth-order valence-electron chi connectivity index (χ4n) is 0.607. The Hall–Kier alpha value is 2.43. The van der Waals surface area contributed by atoms with Gasteiger partial charge in [0.25, 0.3) is 0 Å². The van der Waals surface area contributed by atoms with Gasteiger partial charge in [0.1, 0.15) is 0 Å². The van der Waals surface area contributed by atoms with E-state index in [2.05, 4.69) is 0 Å². The Bertz CT molecular complexity index is 372. The number of carboxylic acids is 2. The summed E-state index contributed by atoms with van der Waals surface area (Å²) in [5.74, 6) is -2.79.